The van der Waals surface area contributed by atoms with E-state index in [1.165, 1.54) is 23.1 Å². The molecule has 1 aromatic carbocycles. The van der Waals surface area contributed by atoms with Crippen molar-refractivity contribution in [2.24, 2.45) is 0 Å². The number of hydrogen-bond donors (Lipinski definition) is 1. The first-order chi connectivity index (χ1) is 11.1. The minimum Gasteiger partial charge on any atom is -0.358 e. The molecular weight excluding hydrogens is 354 g/mol. The number of rotatable bonds is 6. The van der Waals surface area contributed by atoms with Crippen LogP contribution in [0.3, 0.4) is 0 Å². The van der Waals surface area contributed by atoms with Crippen LogP contribution in [-0.4, -0.2) is 26.4 Å². The highest BCUT2D eigenvalue weighted by Crippen LogP contribution is 2.29. The Labute approximate surface area is 146 Å². The fraction of sp³-hybridized carbons (Fsp3) is 0.286. The molecule has 0 aliphatic heterocycles. The van der Waals surface area contributed by atoms with Gasteiger partial charge in [0.05, 0.1) is 10.8 Å². The van der Waals surface area contributed by atoms with Gasteiger partial charge in [-0.15, -0.1) is 10.2 Å². The number of halogens is 1. The first-order valence-electron chi connectivity index (χ1n) is 6.92. The van der Waals surface area contributed by atoms with Gasteiger partial charge in [-0.05, 0) is 26.0 Å². The Morgan fingerprint density at radius 1 is 1.30 bits per heavy atom. The molecule has 2 heterocycles. The molecule has 0 bridgehead atoms. The number of nitrogens with one attached hydrogen (secondary N) is 1. The summed E-state index contributed by atoms with van der Waals surface area (Å²) in [5, 5.41) is 16.8. The van der Waals surface area contributed by atoms with Crippen molar-refractivity contribution in [2.75, 3.05) is 5.32 Å². The lowest BCUT2D eigenvalue weighted by Crippen LogP contribution is -2.08. The largest absolute Gasteiger partial charge is 0.358 e. The van der Waals surface area contributed by atoms with Crippen molar-refractivity contribution in [3.63, 3.8) is 0 Å². The number of benzene rings is 1. The van der Waals surface area contributed by atoms with E-state index in [2.05, 4.69) is 39.5 Å². The van der Waals surface area contributed by atoms with Crippen molar-refractivity contribution in [2.45, 2.75) is 30.0 Å². The zero-order valence-electron chi connectivity index (χ0n) is 12.5. The normalized spacial score (nSPS) is 11.1. The van der Waals surface area contributed by atoms with Gasteiger partial charge in [0.15, 0.2) is 4.34 Å². The van der Waals surface area contributed by atoms with Gasteiger partial charge in [-0.1, -0.05) is 52.0 Å². The van der Waals surface area contributed by atoms with E-state index < -0.39 is 0 Å². The lowest BCUT2D eigenvalue weighted by molar-refractivity contribution is 0.391. The first-order valence-corrected chi connectivity index (χ1v) is 9.10. The molecule has 0 atom stereocenters. The molecule has 0 spiro atoms. The number of nitrogens with zero attached hydrogens (tertiary/aromatic N) is 4. The second-order valence-corrected chi connectivity index (χ2v) is 7.56. The third-order valence-electron chi connectivity index (χ3n) is 2.72. The van der Waals surface area contributed by atoms with Gasteiger partial charge in [0.2, 0.25) is 16.8 Å². The fourth-order valence-electron chi connectivity index (χ4n) is 1.76. The van der Waals surface area contributed by atoms with E-state index in [0.717, 1.165) is 15.0 Å². The third-order valence-corrected chi connectivity index (χ3v) is 5.02. The SMILES string of the molecule is CC(C)Nc1nnc(SCc2nc(-c3ccccc3Cl)no2)s1. The van der Waals surface area contributed by atoms with E-state index in [0.29, 0.717) is 28.5 Å². The van der Waals surface area contributed by atoms with Gasteiger partial charge in [-0.25, -0.2) is 0 Å². The summed E-state index contributed by atoms with van der Waals surface area (Å²) < 4.78 is 6.12. The van der Waals surface area contributed by atoms with Crippen LogP contribution in [-0.2, 0) is 5.75 Å². The lowest BCUT2D eigenvalue weighted by Gasteiger charge is -2.02. The number of anilines is 1. The first kappa shape index (κ1) is 16.2. The Kier molecular flexibility index (Phi) is 5.14. The van der Waals surface area contributed by atoms with Gasteiger partial charge in [-0.3, -0.25) is 0 Å². The molecule has 3 rings (SSSR count). The van der Waals surface area contributed by atoms with Crippen LogP contribution in [0.1, 0.15) is 19.7 Å². The van der Waals surface area contributed by atoms with Crippen molar-refractivity contribution in [1.29, 1.82) is 0 Å². The average molecular weight is 368 g/mol. The molecule has 0 saturated carbocycles. The molecule has 3 aromatic rings. The summed E-state index contributed by atoms with van der Waals surface area (Å²) in [5.74, 6) is 1.55. The highest BCUT2D eigenvalue weighted by molar-refractivity contribution is 8.00. The van der Waals surface area contributed by atoms with Crippen LogP contribution >= 0.6 is 34.7 Å². The molecule has 0 radical (unpaired) electrons. The summed E-state index contributed by atoms with van der Waals surface area (Å²) in [5.41, 5.74) is 0.758. The average Bonchev–Trinajstić information content (AvgIpc) is 3.14. The fourth-order valence-corrected chi connectivity index (χ4v) is 3.72. The van der Waals surface area contributed by atoms with E-state index in [4.69, 9.17) is 16.1 Å². The summed E-state index contributed by atoms with van der Waals surface area (Å²) >= 11 is 9.15. The quantitative estimate of drug-likeness (QED) is 0.648. The smallest absolute Gasteiger partial charge is 0.237 e. The van der Waals surface area contributed by atoms with Crippen molar-refractivity contribution in [3.05, 3.63) is 35.2 Å². The molecule has 0 saturated heterocycles. The second kappa shape index (κ2) is 7.29. The molecule has 6 nitrogen and oxygen atoms in total. The summed E-state index contributed by atoms with van der Waals surface area (Å²) in [4.78, 5) is 4.37. The Morgan fingerprint density at radius 2 is 2.13 bits per heavy atom. The Bertz CT molecular complexity index is 789. The third kappa shape index (κ3) is 4.21. The molecular formula is C14H14ClN5OS2. The zero-order chi connectivity index (χ0) is 16.2. The van der Waals surface area contributed by atoms with E-state index >= 15 is 0 Å². The Morgan fingerprint density at radius 3 is 2.91 bits per heavy atom. The van der Waals surface area contributed by atoms with E-state index in [1.54, 1.807) is 6.07 Å². The van der Waals surface area contributed by atoms with Crippen molar-refractivity contribution < 1.29 is 4.52 Å². The molecule has 0 amide bonds. The molecule has 0 aliphatic carbocycles. The van der Waals surface area contributed by atoms with Crippen LogP contribution in [0.15, 0.2) is 33.1 Å². The monoisotopic (exact) mass is 367 g/mol. The van der Waals surface area contributed by atoms with Gasteiger partial charge in [0.1, 0.15) is 0 Å². The van der Waals surface area contributed by atoms with Crippen molar-refractivity contribution in [1.82, 2.24) is 20.3 Å². The minimum atomic E-state index is 0.329. The van der Waals surface area contributed by atoms with E-state index in [-0.39, 0.29) is 0 Å². The second-order valence-electron chi connectivity index (χ2n) is 4.95. The van der Waals surface area contributed by atoms with Crippen LogP contribution in [0.5, 0.6) is 0 Å². The van der Waals surface area contributed by atoms with Crippen molar-refractivity contribution in [3.8, 4) is 11.4 Å². The van der Waals surface area contributed by atoms with Crippen LogP contribution in [0.2, 0.25) is 5.02 Å². The van der Waals surface area contributed by atoms with Crippen LogP contribution in [0, 0.1) is 0 Å². The molecule has 0 fully saturated rings. The summed E-state index contributed by atoms with van der Waals surface area (Å²) in [6, 6.07) is 7.73. The predicted molar refractivity (Wildman–Crippen MR) is 93.0 cm³/mol. The maximum Gasteiger partial charge on any atom is 0.237 e. The molecule has 0 aliphatic rings. The van der Waals surface area contributed by atoms with Gasteiger partial charge in [0.25, 0.3) is 0 Å². The standard InChI is InChI=1S/C14H14ClN5OS2/c1-8(2)16-13-18-19-14(23-13)22-7-11-17-12(20-21-11)9-5-3-4-6-10(9)15/h3-6,8H,7H2,1-2H3,(H,16,18). The molecule has 1 N–H and O–H groups in total. The van der Waals surface area contributed by atoms with Crippen LogP contribution < -0.4 is 5.32 Å². The maximum absolute atomic E-state index is 6.13. The lowest BCUT2D eigenvalue weighted by atomic mass is 10.2. The highest BCUT2D eigenvalue weighted by Gasteiger charge is 2.13. The molecule has 2 aromatic heterocycles. The number of thioether (sulfide) groups is 1. The highest BCUT2D eigenvalue weighted by atomic mass is 35.5. The maximum atomic E-state index is 6.13. The Balaban J connectivity index is 1.63. The minimum absolute atomic E-state index is 0.329. The van der Waals surface area contributed by atoms with Gasteiger partial charge >= 0.3 is 0 Å². The molecule has 9 heteroatoms. The topological polar surface area (TPSA) is 76.7 Å². The van der Waals surface area contributed by atoms with E-state index in [9.17, 15) is 0 Å². The van der Waals surface area contributed by atoms with Crippen LogP contribution in [0.25, 0.3) is 11.4 Å². The number of hydrogen-bond acceptors (Lipinski definition) is 8. The molecule has 120 valence electrons. The summed E-state index contributed by atoms with van der Waals surface area (Å²) in [7, 11) is 0. The number of aromatic nitrogens is 4. The Hall–Kier alpha value is -1.64. The van der Waals surface area contributed by atoms with Gasteiger partial charge < -0.3 is 9.84 Å². The van der Waals surface area contributed by atoms with E-state index in [1.807, 2.05) is 18.2 Å². The van der Waals surface area contributed by atoms with Gasteiger partial charge in [-0.2, -0.15) is 4.98 Å². The predicted octanol–water partition coefficient (Wildman–Crippen LogP) is 4.35. The van der Waals surface area contributed by atoms with Gasteiger partial charge in [0, 0.05) is 11.6 Å². The molecule has 0 unspecified atom stereocenters. The zero-order valence-corrected chi connectivity index (χ0v) is 14.9. The summed E-state index contributed by atoms with van der Waals surface area (Å²) in [6.45, 7) is 4.12. The van der Waals surface area contributed by atoms with Crippen LogP contribution in [0.4, 0.5) is 5.13 Å². The summed E-state index contributed by atoms with van der Waals surface area (Å²) in [6.07, 6.45) is 0. The molecule has 23 heavy (non-hydrogen) atoms. The van der Waals surface area contributed by atoms with Crippen molar-refractivity contribution >= 4 is 39.8 Å².